The number of carbonyl (C=O) groups excluding carboxylic acids is 2. The van der Waals surface area contributed by atoms with Crippen molar-refractivity contribution < 1.29 is 9.59 Å². The number of nitrogens with zero attached hydrogens (tertiary/aromatic N) is 5. The third kappa shape index (κ3) is 3.32. The predicted octanol–water partition coefficient (Wildman–Crippen LogP) is 1.32. The molecule has 3 aliphatic heterocycles. The fraction of sp³-hybridized carbons (Fsp3) is 0.667. The van der Waals surface area contributed by atoms with Crippen LogP contribution in [0.5, 0.6) is 0 Å². The van der Waals surface area contributed by atoms with Gasteiger partial charge < -0.3 is 14.7 Å². The van der Waals surface area contributed by atoms with Crippen LogP contribution in [-0.2, 0) is 4.79 Å². The van der Waals surface area contributed by atoms with E-state index in [9.17, 15) is 9.59 Å². The van der Waals surface area contributed by atoms with Gasteiger partial charge in [0.15, 0.2) is 0 Å². The standard InChI is InChI=1S/C18H27N5O2/c1-5-8-23-14-7-6-13(16(23)24)10-22(11-14)17(25)15-9-19-18(21(3)4)20-12(15)2/h9,13-14H,5-8,10-11H2,1-4H3/t13-,14+/m1/s1. The third-order valence-corrected chi connectivity index (χ3v) is 5.14. The van der Waals surface area contributed by atoms with Crippen LogP contribution in [-0.4, -0.2) is 71.4 Å². The minimum absolute atomic E-state index is 0.0640. The average molecular weight is 345 g/mol. The lowest BCUT2D eigenvalue weighted by Gasteiger charge is -2.35. The van der Waals surface area contributed by atoms with E-state index in [0.29, 0.717) is 30.3 Å². The van der Waals surface area contributed by atoms with Crippen molar-refractivity contribution in [1.82, 2.24) is 19.8 Å². The van der Waals surface area contributed by atoms with Crippen molar-refractivity contribution in [2.24, 2.45) is 5.92 Å². The van der Waals surface area contributed by atoms with Crippen molar-refractivity contribution >= 4 is 17.8 Å². The van der Waals surface area contributed by atoms with Crippen molar-refractivity contribution in [2.45, 2.75) is 39.2 Å². The van der Waals surface area contributed by atoms with Crippen molar-refractivity contribution in [2.75, 3.05) is 38.6 Å². The monoisotopic (exact) mass is 345 g/mol. The number of aromatic nitrogens is 2. The topological polar surface area (TPSA) is 69.6 Å². The molecule has 1 aromatic heterocycles. The number of amides is 2. The van der Waals surface area contributed by atoms with E-state index in [-0.39, 0.29) is 23.8 Å². The molecule has 2 bridgehead atoms. The first kappa shape index (κ1) is 17.6. The summed E-state index contributed by atoms with van der Waals surface area (Å²) in [5, 5.41) is 0. The van der Waals surface area contributed by atoms with Crippen molar-refractivity contribution in [3.63, 3.8) is 0 Å². The quantitative estimate of drug-likeness (QED) is 0.823. The van der Waals surface area contributed by atoms with Gasteiger partial charge in [-0.1, -0.05) is 6.92 Å². The van der Waals surface area contributed by atoms with Crippen LogP contribution in [0.15, 0.2) is 6.20 Å². The summed E-state index contributed by atoms with van der Waals surface area (Å²) < 4.78 is 0. The molecule has 136 valence electrons. The zero-order valence-electron chi connectivity index (χ0n) is 15.5. The van der Waals surface area contributed by atoms with Crippen molar-refractivity contribution in [3.8, 4) is 0 Å². The number of hydrogen-bond acceptors (Lipinski definition) is 5. The highest BCUT2D eigenvalue weighted by Crippen LogP contribution is 2.30. The third-order valence-electron chi connectivity index (χ3n) is 5.14. The summed E-state index contributed by atoms with van der Waals surface area (Å²) in [5.74, 6) is 0.668. The Morgan fingerprint density at radius 3 is 2.72 bits per heavy atom. The molecule has 0 unspecified atom stereocenters. The lowest BCUT2D eigenvalue weighted by atomic mass is 9.94. The number of hydrogen-bond donors (Lipinski definition) is 0. The molecule has 0 spiro atoms. The Labute approximate surface area is 149 Å². The predicted molar refractivity (Wildman–Crippen MR) is 95.5 cm³/mol. The van der Waals surface area contributed by atoms with E-state index < -0.39 is 0 Å². The second kappa shape index (κ2) is 6.98. The fourth-order valence-electron chi connectivity index (χ4n) is 3.79. The summed E-state index contributed by atoms with van der Waals surface area (Å²) in [7, 11) is 3.74. The summed E-state index contributed by atoms with van der Waals surface area (Å²) in [6.45, 7) is 5.81. The maximum absolute atomic E-state index is 13.0. The summed E-state index contributed by atoms with van der Waals surface area (Å²) in [6.07, 6.45) is 4.41. The molecule has 2 amide bonds. The van der Waals surface area contributed by atoms with E-state index in [0.717, 1.165) is 25.8 Å². The fourth-order valence-corrected chi connectivity index (χ4v) is 3.79. The molecule has 2 atom stereocenters. The largest absolute Gasteiger partial charge is 0.347 e. The number of fused-ring (bicyclic) bond motifs is 4. The number of piperidine rings is 1. The first-order valence-corrected chi connectivity index (χ1v) is 9.03. The van der Waals surface area contributed by atoms with Crippen molar-refractivity contribution in [3.05, 3.63) is 17.5 Å². The van der Waals surface area contributed by atoms with Crippen LogP contribution in [0.4, 0.5) is 5.95 Å². The van der Waals surface area contributed by atoms with Crippen LogP contribution in [0.2, 0.25) is 0 Å². The molecule has 3 saturated heterocycles. The highest BCUT2D eigenvalue weighted by atomic mass is 16.2. The Kier molecular flexibility index (Phi) is 4.92. The molecule has 0 aromatic carbocycles. The first-order chi connectivity index (χ1) is 11.9. The van der Waals surface area contributed by atoms with Gasteiger partial charge in [0.05, 0.1) is 17.2 Å². The van der Waals surface area contributed by atoms with Crippen LogP contribution >= 0.6 is 0 Å². The molecule has 7 heteroatoms. The summed E-state index contributed by atoms with van der Waals surface area (Å²) in [4.78, 5) is 40.0. The number of aryl methyl sites for hydroxylation is 1. The van der Waals surface area contributed by atoms with E-state index in [2.05, 4.69) is 16.9 Å². The van der Waals surface area contributed by atoms with Gasteiger partial charge in [0.2, 0.25) is 11.9 Å². The number of anilines is 1. The molecule has 7 nitrogen and oxygen atoms in total. The average Bonchev–Trinajstić information content (AvgIpc) is 2.87. The van der Waals surface area contributed by atoms with Gasteiger partial charge in [0.1, 0.15) is 0 Å². The Balaban J connectivity index is 1.83. The Morgan fingerprint density at radius 1 is 1.32 bits per heavy atom. The number of rotatable bonds is 4. The normalized spacial score (nSPS) is 23.0. The van der Waals surface area contributed by atoms with Gasteiger partial charge in [0.25, 0.3) is 5.91 Å². The molecule has 3 aliphatic rings. The van der Waals surface area contributed by atoms with Crippen LogP contribution in [0, 0.1) is 12.8 Å². The highest BCUT2D eigenvalue weighted by molar-refractivity contribution is 5.95. The molecule has 4 rings (SSSR count). The van der Waals surface area contributed by atoms with Crippen molar-refractivity contribution in [1.29, 1.82) is 0 Å². The SMILES string of the molecule is CCCN1C(=O)[C@@H]2CC[C@H]1CN(C(=O)c1cnc(N(C)C)nc1C)C2. The summed E-state index contributed by atoms with van der Waals surface area (Å²) in [6, 6.07) is 0.137. The van der Waals surface area contributed by atoms with Crippen LogP contribution in [0.25, 0.3) is 0 Å². The van der Waals surface area contributed by atoms with E-state index in [4.69, 9.17) is 0 Å². The minimum Gasteiger partial charge on any atom is -0.347 e. The van der Waals surface area contributed by atoms with Gasteiger partial charge in [-0.15, -0.1) is 0 Å². The van der Waals surface area contributed by atoms with E-state index in [1.54, 1.807) is 6.20 Å². The maximum Gasteiger partial charge on any atom is 0.257 e. The molecular formula is C18H27N5O2. The van der Waals surface area contributed by atoms with Crippen LogP contribution < -0.4 is 4.90 Å². The first-order valence-electron chi connectivity index (χ1n) is 9.03. The zero-order valence-corrected chi connectivity index (χ0v) is 15.5. The van der Waals surface area contributed by atoms with Crippen LogP contribution in [0.3, 0.4) is 0 Å². The molecule has 3 fully saturated rings. The summed E-state index contributed by atoms with van der Waals surface area (Å²) in [5.41, 5.74) is 1.21. The van der Waals surface area contributed by atoms with E-state index in [1.807, 2.05) is 35.7 Å². The lowest BCUT2D eigenvalue weighted by Crippen LogP contribution is -2.48. The van der Waals surface area contributed by atoms with Gasteiger partial charge in [-0.3, -0.25) is 9.59 Å². The minimum atomic E-state index is -0.0727. The zero-order chi connectivity index (χ0) is 18.1. The van der Waals surface area contributed by atoms with Gasteiger partial charge in [0, 0.05) is 46.0 Å². The second-order valence-electron chi connectivity index (χ2n) is 7.23. The van der Waals surface area contributed by atoms with Gasteiger partial charge in [-0.2, -0.15) is 0 Å². The lowest BCUT2D eigenvalue weighted by molar-refractivity contribution is -0.139. The molecule has 25 heavy (non-hydrogen) atoms. The second-order valence-corrected chi connectivity index (χ2v) is 7.23. The molecule has 0 saturated carbocycles. The van der Waals surface area contributed by atoms with E-state index >= 15 is 0 Å². The molecular weight excluding hydrogens is 318 g/mol. The Morgan fingerprint density at radius 2 is 2.08 bits per heavy atom. The number of carbonyl (C=O) groups is 2. The maximum atomic E-state index is 13.0. The van der Waals surface area contributed by atoms with Gasteiger partial charge in [-0.05, 0) is 26.2 Å². The molecule has 0 N–H and O–H groups in total. The van der Waals surface area contributed by atoms with Crippen LogP contribution in [0.1, 0.15) is 42.2 Å². The smallest absolute Gasteiger partial charge is 0.257 e. The Bertz CT molecular complexity index is 675. The molecule has 1 aromatic rings. The molecule has 0 radical (unpaired) electrons. The van der Waals surface area contributed by atoms with Gasteiger partial charge >= 0.3 is 0 Å². The Hall–Kier alpha value is -2.18. The highest BCUT2D eigenvalue weighted by Gasteiger charge is 2.41. The van der Waals surface area contributed by atoms with Gasteiger partial charge in [-0.25, -0.2) is 9.97 Å². The van der Waals surface area contributed by atoms with E-state index in [1.165, 1.54) is 0 Å². The molecule has 4 heterocycles. The summed E-state index contributed by atoms with van der Waals surface area (Å²) >= 11 is 0. The molecule has 0 aliphatic carbocycles.